The first-order valence-electron chi connectivity index (χ1n) is 5.51. The first-order valence-corrected chi connectivity index (χ1v) is 7.49. The summed E-state index contributed by atoms with van der Waals surface area (Å²) in [4.78, 5) is 0. The van der Waals surface area contributed by atoms with Gasteiger partial charge in [0.1, 0.15) is 5.75 Å². The van der Waals surface area contributed by atoms with Crippen molar-refractivity contribution in [3.8, 4) is 11.4 Å². The number of aromatic nitrogens is 4. The minimum atomic E-state index is 0.0143. The minimum absolute atomic E-state index is 0.0143. The molecule has 1 heterocycles. The first kappa shape index (κ1) is 14.4. The molecule has 8 heteroatoms. The van der Waals surface area contributed by atoms with Gasteiger partial charge in [-0.3, -0.25) is 0 Å². The molecule has 0 radical (unpaired) electrons. The number of nitrogens with zero attached hydrogens (tertiary/aromatic N) is 4. The zero-order valence-corrected chi connectivity index (χ0v) is 12.9. The van der Waals surface area contributed by atoms with Gasteiger partial charge in [-0.15, -0.1) is 5.10 Å². The van der Waals surface area contributed by atoms with Crippen molar-refractivity contribution in [2.45, 2.75) is 25.1 Å². The van der Waals surface area contributed by atoms with E-state index >= 15 is 0 Å². The van der Waals surface area contributed by atoms with Gasteiger partial charge in [0.15, 0.2) is 0 Å². The standard InChI is InChI=1S/C11H12Cl2N4OS/c1-6(2)18-10-5-9(7(12)4-8(10)13)17-11(19-3)14-15-16-17/h4-6H,1-3H3. The molecule has 0 bridgehead atoms. The van der Waals surface area contributed by atoms with Crippen LogP contribution in [0.15, 0.2) is 17.3 Å². The smallest absolute Gasteiger partial charge is 0.213 e. The third-order valence-corrected chi connectivity index (χ3v) is 3.43. The lowest BCUT2D eigenvalue weighted by Crippen LogP contribution is -2.07. The quantitative estimate of drug-likeness (QED) is 0.808. The van der Waals surface area contributed by atoms with Crippen molar-refractivity contribution in [1.29, 1.82) is 0 Å². The molecule has 0 saturated heterocycles. The van der Waals surface area contributed by atoms with Gasteiger partial charge < -0.3 is 4.74 Å². The number of hydrogen-bond acceptors (Lipinski definition) is 5. The number of tetrazole rings is 1. The lowest BCUT2D eigenvalue weighted by atomic mass is 10.3. The van der Waals surface area contributed by atoms with E-state index in [-0.39, 0.29) is 6.10 Å². The number of benzene rings is 1. The molecule has 2 rings (SSSR count). The Balaban J connectivity index is 2.51. The summed E-state index contributed by atoms with van der Waals surface area (Å²) in [5.41, 5.74) is 0.635. The van der Waals surface area contributed by atoms with E-state index in [0.29, 0.717) is 26.6 Å². The van der Waals surface area contributed by atoms with Gasteiger partial charge in [-0.25, -0.2) is 0 Å². The highest BCUT2D eigenvalue weighted by molar-refractivity contribution is 7.98. The Morgan fingerprint density at radius 1 is 1.26 bits per heavy atom. The molecule has 0 atom stereocenters. The van der Waals surface area contributed by atoms with Crippen molar-refractivity contribution in [2.24, 2.45) is 0 Å². The second-order valence-corrected chi connectivity index (χ2v) is 5.57. The van der Waals surface area contributed by atoms with Crippen molar-refractivity contribution < 1.29 is 4.74 Å². The monoisotopic (exact) mass is 318 g/mol. The van der Waals surface area contributed by atoms with Crippen LogP contribution in [0, 0.1) is 0 Å². The van der Waals surface area contributed by atoms with Crippen LogP contribution >= 0.6 is 35.0 Å². The largest absolute Gasteiger partial charge is 0.489 e. The summed E-state index contributed by atoms with van der Waals surface area (Å²) in [5, 5.41) is 13.0. The van der Waals surface area contributed by atoms with E-state index in [1.54, 1.807) is 16.8 Å². The Labute approximate surface area is 125 Å². The molecule has 1 aromatic carbocycles. The SMILES string of the molecule is CSc1nnnn1-c1cc(OC(C)C)c(Cl)cc1Cl. The Hall–Kier alpha value is -0.980. The maximum atomic E-state index is 6.19. The number of ether oxygens (including phenoxy) is 1. The zero-order valence-electron chi connectivity index (χ0n) is 10.6. The zero-order chi connectivity index (χ0) is 14.0. The van der Waals surface area contributed by atoms with Crippen LogP contribution in [0.4, 0.5) is 0 Å². The van der Waals surface area contributed by atoms with Crippen molar-refractivity contribution in [3.63, 3.8) is 0 Å². The molecule has 0 saturated carbocycles. The molecule has 5 nitrogen and oxygen atoms in total. The van der Waals surface area contributed by atoms with Gasteiger partial charge in [0.2, 0.25) is 5.16 Å². The molecule has 0 N–H and O–H groups in total. The molecule has 102 valence electrons. The number of rotatable bonds is 4. The summed E-state index contributed by atoms with van der Waals surface area (Å²) in [6, 6.07) is 3.36. The summed E-state index contributed by atoms with van der Waals surface area (Å²) < 4.78 is 7.18. The lowest BCUT2D eigenvalue weighted by Gasteiger charge is -2.14. The number of thioether (sulfide) groups is 1. The van der Waals surface area contributed by atoms with E-state index in [2.05, 4.69) is 15.5 Å². The normalized spacial score (nSPS) is 11.1. The fourth-order valence-corrected chi connectivity index (χ4v) is 2.42. The molecule has 1 aromatic heterocycles. The van der Waals surface area contributed by atoms with Gasteiger partial charge in [0, 0.05) is 6.07 Å². The van der Waals surface area contributed by atoms with Crippen molar-refractivity contribution in [2.75, 3.05) is 6.26 Å². The highest BCUT2D eigenvalue weighted by Gasteiger charge is 2.15. The summed E-state index contributed by atoms with van der Waals surface area (Å²) in [5.74, 6) is 0.554. The molecule has 0 amide bonds. The first-order chi connectivity index (χ1) is 9.02. The van der Waals surface area contributed by atoms with Crippen LogP contribution in [-0.4, -0.2) is 32.6 Å². The maximum Gasteiger partial charge on any atom is 0.213 e. The predicted octanol–water partition coefficient (Wildman–Crippen LogP) is 3.48. The van der Waals surface area contributed by atoms with Crippen LogP contribution in [0.3, 0.4) is 0 Å². The van der Waals surface area contributed by atoms with Gasteiger partial charge in [0.25, 0.3) is 0 Å². The third-order valence-electron chi connectivity index (χ3n) is 2.22. The van der Waals surface area contributed by atoms with Gasteiger partial charge in [0.05, 0.1) is 21.8 Å². The van der Waals surface area contributed by atoms with Crippen molar-refractivity contribution >= 4 is 35.0 Å². The molecule has 0 unspecified atom stereocenters. The summed E-state index contributed by atoms with van der Waals surface area (Å²) in [7, 11) is 0. The average molecular weight is 319 g/mol. The minimum Gasteiger partial charge on any atom is -0.489 e. The van der Waals surface area contributed by atoms with Gasteiger partial charge in [-0.05, 0) is 36.6 Å². The Bertz CT molecular complexity index is 588. The summed E-state index contributed by atoms with van der Waals surface area (Å²) >= 11 is 13.7. The number of halogens is 2. The predicted molar refractivity (Wildman–Crippen MR) is 76.7 cm³/mol. The Morgan fingerprint density at radius 3 is 2.63 bits per heavy atom. The highest BCUT2D eigenvalue weighted by atomic mass is 35.5. The molecule has 2 aromatic rings. The molecule has 19 heavy (non-hydrogen) atoms. The van der Waals surface area contributed by atoms with E-state index in [4.69, 9.17) is 27.9 Å². The van der Waals surface area contributed by atoms with Crippen LogP contribution in [0.5, 0.6) is 5.75 Å². The molecular formula is C11H12Cl2N4OS. The van der Waals surface area contributed by atoms with Crippen LogP contribution in [0.1, 0.15) is 13.8 Å². The topological polar surface area (TPSA) is 52.8 Å². The van der Waals surface area contributed by atoms with E-state index in [9.17, 15) is 0 Å². The Morgan fingerprint density at radius 2 is 2.00 bits per heavy atom. The highest BCUT2D eigenvalue weighted by Crippen LogP contribution is 2.34. The third kappa shape index (κ3) is 3.13. The average Bonchev–Trinajstić information content (AvgIpc) is 2.80. The fraction of sp³-hybridized carbons (Fsp3) is 0.364. The van der Waals surface area contributed by atoms with E-state index in [1.807, 2.05) is 20.1 Å². The van der Waals surface area contributed by atoms with Crippen molar-refractivity contribution in [1.82, 2.24) is 20.2 Å². The van der Waals surface area contributed by atoms with E-state index < -0.39 is 0 Å². The molecule has 0 aliphatic heterocycles. The van der Waals surface area contributed by atoms with Gasteiger partial charge in [-0.2, -0.15) is 4.68 Å². The number of hydrogen-bond donors (Lipinski definition) is 0. The van der Waals surface area contributed by atoms with Crippen LogP contribution in [0.25, 0.3) is 5.69 Å². The molecule has 0 aliphatic rings. The lowest BCUT2D eigenvalue weighted by molar-refractivity contribution is 0.242. The molecular weight excluding hydrogens is 307 g/mol. The molecule has 0 aliphatic carbocycles. The second-order valence-electron chi connectivity index (χ2n) is 3.98. The molecule has 0 spiro atoms. The maximum absolute atomic E-state index is 6.19. The summed E-state index contributed by atoms with van der Waals surface area (Å²) in [6.45, 7) is 3.85. The second kappa shape index (κ2) is 5.98. The fourth-order valence-electron chi connectivity index (χ4n) is 1.48. The summed E-state index contributed by atoms with van der Waals surface area (Å²) in [6.07, 6.45) is 1.90. The van der Waals surface area contributed by atoms with Gasteiger partial charge >= 0.3 is 0 Å². The molecule has 0 fully saturated rings. The van der Waals surface area contributed by atoms with E-state index in [0.717, 1.165) is 0 Å². The van der Waals surface area contributed by atoms with E-state index in [1.165, 1.54) is 11.8 Å². The Kier molecular flexibility index (Phi) is 4.54. The van der Waals surface area contributed by atoms with Gasteiger partial charge in [-0.1, -0.05) is 35.0 Å². The van der Waals surface area contributed by atoms with Crippen LogP contribution in [0.2, 0.25) is 10.0 Å². The van der Waals surface area contributed by atoms with Crippen LogP contribution in [-0.2, 0) is 0 Å². The van der Waals surface area contributed by atoms with Crippen molar-refractivity contribution in [3.05, 3.63) is 22.2 Å². The van der Waals surface area contributed by atoms with Crippen LogP contribution < -0.4 is 4.74 Å².